The monoisotopic (exact) mass is 492 g/mol. The molecule has 0 radical (unpaired) electrons. The predicted octanol–water partition coefficient (Wildman–Crippen LogP) is 5.80. The Kier molecular flexibility index (Phi) is 4.98. The third-order valence-electron chi connectivity index (χ3n) is 6.36. The highest BCUT2D eigenvalue weighted by Crippen LogP contribution is 2.37. The van der Waals surface area contributed by atoms with Crippen molar-refractivity contribution in [2.45, 2.75) is 6.92 Å². The van der Waals surface area contributed by atoms with Crippen LogP contribution >= 0.6 is 11.3 Å². The third kappa shape index (κ3) is 3.47. The van der Waals surface area contributed by atoms with Crippen LogP contribution in [0.15, 0.2) is 85.2 Å². The van der Waals surface area contributed by atoms with E-state index in [9.17, 15) is 14.7 Å². The van der Waals surface area contributed by atoms with E-state index in [4.69, 9.17) is 5.73 Å². The number of primary amides is 1. The van der Waals surface area contributed by atoms with Gasteiger partial charge in [-0.3, -0.25) is 9.36 Å². The third-order valence-corrected chi connectivity index (χ3v) is 7.50. The van der Waals surface area contributed by atoms with Crippen molar-refractivity contribution in [3.8, 4) is 21.1 Å². The number of aromatic nitrogens is 3. The largest absolute Gasteiger partial charge is 0.478 e. The van der Waals surface area contributed by atoms with E-state index in [0.29, 0.717) is 5.56 Å². The smallest absolute Gasteiger partial charge is 0.335 e. The number of aromatic carboxylic acids is 1. The first-order valence-electron chi connectivity index (χ1n) is 11.2. The number of hydrogen-bond donors (Lipinski definition) is 2. The molecular formula is C28H20N4O3S. The SMILES string of the molecule is Cc1nccn1-c1ccc(-c2ccc3c4ccc(C(=O)O)cc4n(-c4ccc(C(N)=O)cc4)c3c2)s1. The van der Waals surface area contributed by atoms with Crippen molar-refractivity contribution in [2.24, 2.45) is 5.73 Å². The summed E-state index contributed by atoms with van der Waals surface area (Å²) in [7, 11) is 0. The Morgan fingerprint density at radius 2 is 1.58 bits per heavy atom. The molecule has 6 rings (SSSR count). The molecule has 0 saturated heterocycles. The van der Waals surface area contributed by atoms with Gasteiger partial charge >= 0.3 is 5.97 Å². The second-order valence-corrected chi connectivity index (χ2v) is 9.56. The van der Waals surface area contributed by atoms with E-state index in [-0.39, 0.29) is 5.56 Å². The van der Waals surface area contributed by atoms with Gasteiger partial charge in [0.15, 0.2) is 0 Å². The zero-order valence-electron chi connectivity index (χ0n) is 19.2. The molecule has 0 aliphatic rings. The van der Waals surface area contributed by atoms with E-state index in [0.717, 1.165) is 48.8 Å². The summed E-state index contributed by atoms with van der Waals surface area (Å²) in [6.07, 6.45) is 3.73. The maximum atomic E-state index is 11.7. The van der Waals surface area contributed by atoms with Crippen molar-refractivity contribution in [3.63, 3.8) is 0 Å². The Hall–Kier alpha value is -4.69. The molecule has 0 bridgehead atoms. The second kappa shape index (κ2) is 8.21. The molecule has 8 heteroatoms. The van der Waals surface area contributed by atoms with Crippen molar-refractivity contribution < 1.29 is 14.7 Å². The van der Waals surface area contributed by atoms with E-state index in [2.05, 4.69) is 39.9 Å². The Morgan fingerprint density at radius 1 is 0.889 bits per heavy atom. The zero-order valence-corrected chi connectivity index (χ0v) is 20.0. The number of nitrogens with two attached hydrogens (primary N) is 1. The molecule has 3 aromatic carbocycles. The summed E-state index contributed by atoms with van der Waals surface area (Å²) in [5, 5.41) is 12.6. The van der Waals surface area contributed by atoms with E-state index < -0.39 is 11.9 Å². The fraction of sp³-hybridized carbons (Fsp3) is 0.0357. The molecule has 3 aromatic heterocycles. The van der Waals surface area contributed by atoms with E-state index in [1.54, 1.807) is 41.8 Å². The summed E-state index contributed by atoms with van der Waals surface area (Å²) in [4.78, 5) is 28.7. The van der Waals surface area contributed by atoms with Gasteiger partial charge in [0, 0.05) is 39.3 Å². The number of amides is 1. The van der Waals surface area contributed by atoms with Crippen molar-refractivity contribution in [3.05, 3.63) is 102 Å². The second-order valence-electron chi connectivity index (χ2n) is 8.50. The molecule has 6 aromatic rings. The van der Waals surface area contributed by atoms with Crippen molar-refractivity contribution in [2.75, 3.05) is 0 Å². The number of rotatable bonds is 5. The number of aryl methyl sites for hydroxylation is 1. The van der Waals surface area contributed by atoms with Gasteiger partial charge in [-0.1, -0.05) is 18.2 Å². The first-order valence-corrected chi connectivity index (χ1v) is 12.0. The number of carboxylic acid groups (broad SMARTS) is 1. The topological polar surface area (TPSA) is 103 Å². The van der Waals surface area contributed by atoms with Gasteiger partial charge in [0.05, 0.1) is 16.6 Å². The average molecular weight is 493 g/mol. The molecule has 0 saturated carbocycles. The molecule has 0 unspecified atom stereocenters. The lowest BCUT2D eigenvalue weighted by molar-refractivity contribution is 0.0696. The van der Waals surface area contributed by atoms with Gasteiger partial charge in [-0.05, 0) is 67.1 Å². The van der Waals surface area contributed by atoms with Gasteiger partial charge in [-0.15, -0.1) is 11.3 Å². The predicted molar refractivity (Wildman–Crippen MR) is 141 cm³/mol. The molecule has 0 spiro atoms. The number of fused-ring (bicyclic) bond motifs is 3. The summed E-state index contributed by atoms with van der Waals surface area (Å²) in [6, 6.07) is 22.6. The highest BCUT2D eigenvalue weighted by molar-refractivity contribution is 7.17. The Labute approximate surface area is 209 Å². The van der Waals surface area contributed by atoms with Crippen LogP contribution < -0.4 is 5.73 Å². The molecule has 36 heavy (non-hydrogen) atoms. The van der Waals surface area contributed by atoms with E-state index in [1.165, 1.54) is 0 Å². The molecule has 0 fully saturated rings. The maximum Gasteiger partial charge on any atom is 0.335 e. The molecule has 1 amide bonds. The highest BCUT2D eigenvalue weighted by atomic mass is 32.1. The van der Waals surface area contributed by atoms with Gasteiger partial charge in [0.2, 0.25) is 5.91 Å². The number of thiophene rings is 1. The number of hydrogen-bond acceptors (Lipinski definition) is 4. The number of nitrogens with zero attached hydrogens (tertiary/aromatic N) is 3. The Balaban J connectivity index is 1.58. The lowest BCUT2D eigenvalue weighted by Crippen LogP contribution is -2.10. The number of benzene rings is 3. The lowest BCUT2D eigenvalue weighted by Gasteiger charge is -2.09. The fourth-order valence-electron chi connectivity index (χ4n) is 4.58. The van der Waals surface area contributed by atoms with Crippen LogP contribution in [0.25, 0.3) is 42.9 Å². The minimum atomic E-state index is -0.987. The molecule has 176 valence electrons. The summed E-state index contributed by atoms with van der Waals surface area (Å²) in [6.45, 7) is 1.97. The average Bonchev–Trinajstić information content (AvgIpc) is 3.60. The van der Waals surface area contributed by atoms with Crippen LogP contribution in [0.4, 0.5) is 0 Å². The molecule has 0 aliphatic heterocycles. The van der Waals surface area contributed by atoms with Crippen LogP contribution in [-0.4, -0.2) is 31.1 Å². The maximum absolute atomic E-state index is 11.7. The molecule has 3 heterocycles. The van der Waals surface area contributed by atoms with Crippen molar-refractivity contribution in [1.29, 1.82) is 0 Å². The van der Waals surface area contributed by atoms with Crippen LogP contribution in [0.5, 0.6) is 0 Å². The van der Waals surface area contributed by atoms with Crippen molar-refractivity contribution >= 4 is 45.0 Å². The van der Waals surface area contributed by atoms with Crippen LogP contribution in [0.2, 0.25) is 0 Å². The minimum Gasteiger partial charge on any atom is -0.478 e. The fourth-order valence-corrected chi connectivity index (χ4v) is 5.61. The lowest BCUT2D eigenvalue weighted by atomic mass is 10.1. The van der Waals surface area contributed by atoms with Crippen molar-refractivity contribution in [1.82, 2.24) is 14.1 Å². The van der Waals surface area contributed by atoms with E-state index in [1.807, 2.05) is 35.9 Å². The first kappa shape index (κ1) is 21.8. The van der Waals surface area contributed by atoms with Gasteiger partial charge in [-0.25, -0.2) is 9.78 Å². The van der Waals surface area contributed by atoms with Crippen LogP contribution in [-0.2, 0) is 0 Å². The normalized spacial score (nSPS) is 11.4. The Bertz CT molecular complexity index is 1810. The van der Waals surface area contributed by atoms with Gasteiger partial charge < -0.3 is 15.4 Å². The van der Waals surface area contributed by atoms with Crippen LogP contribution in [0.3, 0.4) is 0 Å². The summed E-state index contributed by atoms with van der Waals surface area (Å²) in [5.41, 5.74) is 9.61. The summed E-state index contributed by atoms with van der Waals surface area (Å²) < 4.78 is 4.08. The number of carbonyl (C=O) groups is 2. The quantitative estimate of drug-likeness (QED) is 0.317. The van der Waals surface area contributed by atoms with Gasteiger partial charge in [0.1, 0.15) is 10.8 Å². The molecule has 7 nitrogen and oxygen atoms in total. The zero-order chi connectivity index (χ0) is 25.0. The van der Waals surface area contributed by atoms with E-state index >= 15 is 0 Å². The number of carboxylic acids is 1. The summed E-state index contributed by atoms with van der Waals surface area (Å²) >= 11 is 1.67. The summed E-state index contributed by atoms with van der Waals surface area (Å²) in [5.74, 6) is -0.562. The molecule has 0 aliphatic carbocycles. The minimum absolute atomic E-state index is 0.208. The number of imidazole rings is 1. The van der Waals surface area contributed by atoms with Crippen LogP contribution in [0, 0.1) is 6.92 Å². The standard InChI is InChI=1S/C28H20N4O3S/c1-16-30-12-13-31(16)26-11-10-25(36-26)18-4-8-21-22-9-5-19(28(34)35)15-24(22)32(23(21)14-18)20-6-2-17(3-7-20)27(29)33/h2-15H,1H3,(H2,29,33)(H,34,35). The molecule has 0 atom stereocenters. The highest BCUT2D eigenvalue weighted by Gasteiger charge is 2.17. The van der Waals surface area contributed by atoms with Gasteiger partial charge in [-0.2, -0.15) is 0 Å². The first-order chi connectivity index (χ1) is 17.4. The number of carbonyl (C=O) groups excluding carboxylic acids is 1. The molecule has 3 N–H and O–H groups in total. The molecular weight excluding hydrogens is 472 g/mol. The van der Waals surface area contributed by atoms with Crippen LogP contribution in [0.1, 0.15) is 26.5 Å². The van der Waals surface area contributed by atoms with Gasteiger partial charge in [0.25, 0.3) is 0 Å². The Morgan fingerprint density at radius 3 is 2.25 bits per heavy atom.